The van der Waals surface area contributed by atoms with E-state index in [1.165, 1.54) is 11.1 Å². The molecule has 0 radical (unpaired) electrons. The Bertz CT molecular complexity index is 531. The Balaban J connectivity index is 1.76. The summed E-state index contributed by atoms with van der Waals surface area (Å²) in [5.41, 5.74) is 2.55. The van der Waals surface area contributed by atoms with Gasteiger partial charge in [-0.05, 0) is 42.5 Å². The maximum atomic E-state index is 5.79. The van der Waals surface area contributed by atoms with Crippen molar-refractivity contribution < 1.29 is 4.74 Å². The summed E-state index contributed by atoms with van der Waals surface area (Å²) in [6.45, 7) is 0.621. The van der Waals surface area contributed by atoms with Crippen LogP contribution in [0.15, 0.2) is 66.7 Å². The van der Waals surface area contributed by atoms with Gasteiger partial charge < -0.3 is 4.74 Å². The van der Waals surface area contributed by atoms with E-state index < -0.39 is 0 Å². The number of alkyl halides is 1. The third-order valence-corrected chi connectivity index (χ3v) is 3.67. The van der Waals surface area contributed by atoms with Crippen molar-refractivity contribution in [2.45, 2.75) is 25.9 Å². The van der Waals surface area contributed by atoms with Crippen molar-refractivity contribution in [2.75, 3.05) is 5.33 Å². The Hall–Kier alpha value is -1.54. The molecule has 0 bridgehead atoms. The number of rotatable bonds is 8. The van der Waals surface area contributed by atoms with E-state index in [1.807, 2.05) is 18.2 Å². The Morgan fingerprint density at radius 1 is 0.810 bits per heavy atom. The van der Waals surface area contributed by atoms with Crippen molar-refractivity contribution in [3.63, 3.8) is 0 Å². The highest BCUT2D eigenvalue weighted by atomic mass is 79.9. The van der Waals surface area contributed by atoms with Gasteiger partial charge in [-0.15, -0.1) is 0 Å². The van der Waals surface area contributed by atoms with Crippen LogP contribution in [0.3, 0.4) is 0 Å². The van der Waals surface area contributed by atoms with Crippen LogP contribution in [0.1, 0.15) is 24.0 Å². The maximum absolute atomic E-state index is 5.79. The van der Waals surface area contributed by atoms with Gasteiger partial charge in [0.05, 0.1) is 0 Å². The first-order valence-electron chi connectivity index (χ1n) is 7.35. The summed E-state index contributed by atoms with van der Waals surface area (Å²) in [6, 6.07) is 18.7. The summed E-state index contributed by atoms with van der Waals surface area (Å²) in [5, 5.41) is 1.04. The monoisotopic (exact) mass is 344 g/mol. The number of benzene rings is 2. The normalized spacial score (nSPS) is 10.9. The lowest BCUT2D eigenvalue weighted by Gasteiger charge is -2.07. The summed E-state index contributed by atoms with van der Waals surface area (Å²) in [5.74, 6) is 0.928. The van der Waals surface area contributed by atoms with E-state index in [1.54, 1.807) is 0 Å². The third kappa shape index (κ3) is 6.17. The first-order valence-corrected chi connectivity index (χ1v) is 8.47. The van der Waals surface area contributed by atoms with Crippen molar-refractivity contribution >= 4 is 15.9 Å². The summed E-state index contributed by atoms with van der Waals surface area (Å²) >= 11 is 3.42. The molecule has 0 fully saturated rings. The molecule has 0 amide bonds. The Morgan fingerprint density at radius 3 is 2.24 bits per heavy atom. The second-order valence-corrected chi connectivity index (χ2v) is 5.70. The lowest BCUT2D eigenvalue weighted by Crippen LogP contribution is -1.95. The maximum Gasteiger partial charge on any atom is 0.119 e. The molecule has 0 saturated heterocycles. The second-order valence-electron chi connectivity index (χ2n) is 4.91. The van der Waals surface area contributed by atoms with Gasteiger partial charge in [-0.1, -0.05) is 70.5 Å². The molecule has 0 aliphatic carbocycles. The fourth-order valence-electron chi connectivity index (χ4n) is 2.04. The predicted molar refractivity (Wildman–Crippen MR) is 93.1 cm³/mol. The van der Waals surface area contributed by atoms with E-state index in [-0.39, 0.29) is 0 Å². The molecule has 0 aliphatic heterocycles. The minimum Gasteiger partial charge on any atom is -0.489 e. The second kappa shape index (κ2) is 9.41. The van der Waals surface area contributed by atoms with Crippen LogP contribution in [-0.2, 0) is 13.0 Å². The molecule has 2 aromatic carbocycles. The highest BCUT2D eigenvalue weighted by Crippen LogP contribution is 2.15. The van der Waals surface area contributed by atoms with Crippen molar-refractivity contribution in [1.82, 2.24) is 0 Å². The first kappa shape index (κ1) is 15.8. The van der Waals surface area contributed by atoms with Gasteiger partial charge in [0.15, 0.2) is 0 Å². The van der Waals surface area contributed by atoms with Crippen LogP contribution in [0.2, 0.25) is 0 Å². The summed E-state index contributed by atoms with van der Waals surface area (Å²) < 4.78 is 5.79. The van der Waals surface area contributed by atoms with E-state index in [0.717, 1.165) is 30.3 Å². The average Bonchev–Trinajstić information content (AvgIpc) is 2.55. The molecular formula is C19H21BrO. The van der Waals surface area contributed by atoms with Crippen molar-refractivity contribution in [1.29, 1.82) is 0 Å². The van der Waals surface area contributed by atoms with E-state index in [9.17, 15) is 0 Å². The van der Waals surface area contributed by atoms with E-state index >= 15 is 0 Å². The van der Waals surface area contributed by atoms with Crippen LogP contribution < -0.4 is 4.74 Å². The van der Waals surface area contributed by atoms with Gasteiger partial charge in [0.1, 0.15) is 12.4 Å². The first-order chi connectivity index (χ1) is 10.4. The Kier molecular flexibility index (Phi) is 7.10. The van der Waals surface area contributed by atoms with E-state index in [2.05, 4.69) is 64.5 Å². The summed E-state index contributed by atoms with van der Waals surface area (Å²) in [7, 11) is 0. The van der Waals surface area contributed by atoms with E-state index in [4.69, 9.17) is 4.74 Å². The van der Waals surface area contributed by atoms with Crippen molar-refractivity contribution in [2.24, 2.45) is 0 Å². The topological polar surface area (TPSA) is 9.23 Å². The SMILES string of the molecule is BrCC/C=C/CCc1ccc(OCc2ccccc2)cc1. The van der Waals surface area contributed by atoms with Crippen LogP contribution in [0.5, 0.6) is 5.75 Å². The summed E-state index contributed by atoms with van der Waals surface area (Å²) in [6.07, 6.45) is 7.76. The van der Waals surface area contributed by atoms with Crippen molar-refractivity contribution in [3.8, 4) is 5.75 Å². The predicted octanol–water partition coefficient (Wildman–Crippen LogP) is 5.54. The molecule has 0 spiro atoms. The zero-order valence-electron chi connectivity index (χ0n) is 12.2. The molecule has 110 valence electrons. The largest absolute Gasteiger partial charge is 0.489 e. The molecule has 1 nitrogen and oxygen atoms in total. The summed E-state index contributed by atoms with van der Waals surface area (Å²) in [4.78, 5) is 0. The standard InChI is InChI=1S/C19H21BrO/c20-15-7-2-1-4-8-17-11-13-19(14-12-17)21-16-18-9-5-3-6-10-18/h1-3,5-6,9-14H,4,7-8,15-16H2/b2-1+. The van der Waals surface area contributed by atoms with Crippen LogP contribution in [-0.4, -0.2) is 5.33 Å². The number of allylic oxidation sites excluding steroid dienone is 2. The molecule has 0 atom stereocenters. The molecule has 0 aliphatic rings. The molecular weight excluding hydrogens is 324 g/mol. The number of hydrogen-bond acceptors (Lipinski definition) is 1. The smallest absolute Gasteiger partial charge is 0.119 e. The highest BCUT2D eigenvalue weighted by molar-refractivity contribution is 9.09. The van der Waals surface area contributed by atoms with Crippen LogP contribution in [0, 0.1) is 0 Å². The van der Waals surface area contributed by atoms with Crippen LogP contribution >= 0.6 is 15.9 Å². The minimum absolute atomic E-state index is 0.621. The van der Waals surface area contributed by atoms with Gasteiger partial charge in [-0.25, -0.2) is 0 Å². The van der Waals surface area contributed by atoms with Gasteiger partial charge in [-0.2, -0.15) is 0 Å². The lowest BCUT2D eigenvalue weighted by molar-refractivity contribution is 0.306. The molecule has 2 aromatic rings. The highest BCUT2D eigenvalue weighted by Gasteiger charge is 1.96. The minimum atomic E-state index is 0.621. The van der Waals surface area contributed by atoms with Crippen molar-refractivity contribution in [3.05, 3.63) is 77.9 Å². The van der Waals surface area contributed by atoms with E-state index in [0.29, 0.717) is 6.61 Å². The number of halogens is 1. The molecule has 2 rings (SSSR count). The number of aryl methyl sites for hydroxylation is 1. The van der Waals surface area contributed by atoms with Crippen LogP contribution in [0.4, 0.5) is 0 Å². The van der Waals surface area contributed by atoms with Crippen LogP contribution in [0.25, 0.3) is 0 Å². The Labute approximate surface area is 135 Å². The van der Waals surface area contributed by atoms with Gasteiger partial charge in [-0.3, -0.25) is 0 Å². The molecule has 21 heavy (non-hydrogen) atoms. The molecule has 0 unspecified atom stereocenters. The molecule has 0 heterocycles. The quantitative estimate of drug-likeness (QED) is 0.451. The van der Waals surface area contributed by atoms with Gasteiger partial charge in [0, 0.05) is 5.33 Å². The number of hydrogen-bond donors (Lipinski definition) is 0. The fourth-order valence-corrected chi connectivity index (χ4v) is 2.31. The number of ether oxygens (including phenoxy) is 1. The lowest BCUT2D eigenvalue weighted by atomic mass is 10.1. The van der Waals surface area contributed by atoms with Gasteiger partial charge in [0.25, 0.3) is 0 Å². The molecule has 0 aromatic heterocycles. The molecule has 0 N–H and O–H groups in total. The fraction of sp³-hybridized carbons (Fsp3) is 0.263. The Morgan fingerprint density at radius 2 is 1.52 bits per heavy atom. The zero-order chi connectivity index (χ0) is 14.8. The third-order valence-electron chi connectivity index (χ3n) is 3.21. The van der Waals surface area contributed by atoms with Gasteiger partial charge >= 0.3 is 0 Å². The zero-order valence-corrected chi connectivity index (χ0v) is 13.8. The molecule has 0 saturated carbocycles. The molecule has 2 heteroatoms. The van der Waals surface area contributed by atoms with Gasteiger partial charge in [0.2, 0.25) is 0 Å². The average molecular weight is 345 g/mol.